The Morgan fingerprint density at radius 3 is 2.89 bits per heavy atom. The van der Waals surface area contributed by atoms with Gasteiger partial charge in [0.2, 0.25) is 0 Å². The van der Waals surface area contributed by atoms with Gasteiger partial charge in [-0.25, -0.2) is 0 Å². The summed E-state index contributed by atoms with van der Waals surface area (Å²) in [5.74, 6) is -0.362. The van der Waals surface area contributed by atoms with E-state index < -0.39 is 0 Å². The number of nitrogens with two attached hydrogens (primary N) is 1. The van der Waals surface area contributed by atoms with E-state index >= 15 is 0 Å². The first-order valence-electron chi connectivity index (χ1n) is 5.38. The second-order valence-corrected chi connectivity index (χ2v) is 3.92. The molecule has 0 bridgehead atoms. The van der Waals surface area contributed by atoms with Crippen LogP contribution in [-0.4, -0.2) is 16.0 Å². The maximum Gasteiger partial charge on any atom is 0.257 e. The van der Waals surface area contributed by atoms with Crippen molar-refractivity contribution >= 4 is 17.3 Å². The van der Waals surface area contributed by atoms with Crippen molar-refractivity contribution in [2.75, 3.05) is 11.1 Å². The van der Waals surface area contributed by atoms with Crippen molar-refractivity contribution in [1.82, 2.24) is 4.98 Å². The van der Waals surface area contributed by atoms with Gasteiger partial charge < -0.3 is 16.2 Å². The highest BCUT2D eigenvalue weighted by Crippen LogP contribution is 2.20. The van der Waals surface area contributed by atoms with E-state index in [1.54, 1.807) is 18.5 Å². The lowest BCUT2D eigenvalue weighted by Crippen LogP contribution is -2.14. The molecule has 1 heterocycles. The van der Waals surface area contributed by atoms with Gasteiger partial charge in [0.1, 0.15) is 5.75 Å². The minimum atomic E-state index is -0.363. The molecule has 1 aromatic carbocycles. The van der Waals surface area contributed by atoms with Crippen molar-refractivity contribution in [3.8, 4) is 5.75 Å². The minimum absolute atomic E-state index is 0.000741. The molecule has 1 aromatic heterocycles. The van der Waals surface area contributed by atoms with E-state index in [9.17, 15) is 9.90 Å². The number of nitrogen functional groups attached to an aromatic ring is 1. The highest BCUT2D eigenvalue weighted by atomic mass is 16.3. The average Bonchev–Trinajstić information content (AvgIpc) is 2.35. The van der Waals surface area contributed by atoms with Crippen LogP contribution < -0.4 is 11.1 Å². The Kier molecular flexibility index (Phi) is 3.14. The molecule has 0 aliphatic carbocycles. The van der Waals surface area contributed by atoms with Crippen molar-refractivity contribution in [3.05, 3.63) is 47.8 Å². The minimum Gasteiger partial charge on any atom is -0.508 e. The first kappa shape index (κ1) is 11.9. The largest absolute Gasteiger partial charge is 0.508 e. The van der Waals surface area contributed by atoms with Gasteiger partial charge >= 0.3 is 0 Å². The van der Waals surface area contributed by atoms with Crippen LogP contribution in [-0.2, 0) is 0 Å². The van der Waals surface area contributed by atoms with Crippen LogP contribution in [0.3, 0.4) is 0 Å². The molecule has 0 saturated heterocycles. The fourth-order valence-corrected chi connectivity index (χ4v) is 1.54. The lowest BCUT2D eigenvalue weighted by atomic mass is 10.1. The van der Waals surface area contributed by atoms with E-state index in [4.69, 9.17) is 5.73 Å². The van der Waals surface area contributed by atoms with Crippen molar-refractivity contribution in [3.63, 3.8) is 0 Å². The Hall–Kier alpha value is -2.56. The maximum atomic E-state index is 12.0. The van der Waals surface area contributed by atoms with Crippen LogP contribution in [0, 0.1) is 6.92 Å². The fraction of sp³-hybridized carbons (Fsp3) is 0.0769. The molecule has 0 fully saturated rings. The molecular formula is C13H13N3O2. The SMILES string of the molecule is Cc1cnccc1NC(=O)c1cc(O)ccc1N. The summed E-state index contributed by atoms with van der Waals surface area (Å²) in [6.07, 6.45) is 3.25. The van der Waals surface area contributed by atoms with Crippen molar-refractivity contribution < 1.29 is 9.90 Å². The summed E-state index contributed by atoms with van der Waals surface area (Å²) < 4.78 is 0. The summed E-state index contributed by atoms with van der Waals surface area (Å²) in [6, 6.07) is 5.96. The highest BCUT2D eigenvalue weighted by molar-refractivity contribution is 6.08. The molecule has 0 aliphatic rings. The number of benzene rings is 1. The summed E-state index contributed by atoms with van der Waals surface area (Å²) in [5, 5.41) is 12.1. The summed E-state index contributed by atoms with van der Waals surface area (Å²) >= 11 is 0. The molecule has 5 heteroatoms. The summed E-state index contributed by atoms with van der Waals surface area (Å²) in [6.45, 7) is 1.84. The number of hydrogen-bond acceptors (Lipinski definition) is 4. The summed E-state index contributed by atoms with van der Waals surface area (Å²) in [7, 11) is 0. The van der Waals surface area contributed by atoms with E-state index in [0.29, 0.717) is 11.4 Å². The van der Waals surface area contributed by atoms with Crippen molar-refractivity contribution in [2.24, 2.45) is 0 Å². The number of hydrogen-bond donors (Lipinski definition) is 3. The number of phenolic OH excluding ortho intramolecular Hbond substituents is 1. The third-order valence-electron chi connectivity index (χ3n) is 2.55. The number of nitrogens with zero attached hydrogens (tertiary/aromatic N) is 1. The first-order valence-corrected chi connectivity index (χ1v) is 5.38. The predicted octanol–water partition coefficient (Wildman–Crippen LogP) is 1.93. The van der Waals surface area contributed by atoms with Gasteiger partial charge in [0, 0.05) is 23.8 Å². The molecule has 92 valence electrons. The van der Waals surface area contributed by atoms with Gasteiger partial charge in [-0.15, -0.1) is 0 Å². The number of amides is 1. The van der Waals surface area contributed by atoms with Gasteiger partial charge in [0.15, 0.2) is 0 Å². The highest BCUT2D eigenvalue weighted by Gasteiger charge is 2.11. The second kappa shape index (κ2) is 4.75. The van der Waals surface area contributed by atoms with E-state index in [1.165, 1.54) is 18.2 Å². The Bertz CT molecular complexity index is 597. The molecule has 0 radical (unpaired) electrons. The lowest BCUT2D eigenvalue weighted by molar-refractivity contribution is 0.102. The van der Waals surface area contributed by atoms with Crippen LogP contribution in [0.15, 0.2) is 36.7 Å². The van der Waals surface area contributed by atoms with Crippen LogP contribution in [0.1, 0.15) is 15.9 Å². The van der Waals surface area contributed by atoms with E-state index in [2.05, 4.69) is 10.3 Å². The lowest BCUT2D eigenvalue weighted by Gasteiger charge is -2.09. The molecule has 1 amide bonds. The molecule has 4 N–H and O–H groups in total. The quantitative estimate of drug-likeness (QED) is 0.555. The molecule has 0 spiro atoms. The molecule has 0 aliphatic heterocycles. The van der Waals surface area contributed by atoms with Crippen molar-refractivity contribution in [1.29, 1.82) is 0 Å². The molecular weight excluding hydrogens is 230 g/mol. The zero-order chi connectivity index (χ0) is 13.1. The number of carbonyl (C=O) groups is 1. The molecule has 5 nitrogen and oxygen atoms in total. The van der Waals surface area contributed by atoms with Gasteiger partial charge in [-0.1, -0.05) is 0 Å². The zero-order valence-electron chi connectivity index (χ0n) is 9.84. The summed E-state index contributed by atoms with van der Waals surface area (Å²) in [5.41, 5.74) is 7.77. The number of pyridine rings is 1. The van der Waals surface area contributed by atoms with E-state index in [1.807, 2.05) is 6.92 Å². The van der Waals surface area contributed by atoms with Crippen molar-refractivity contribution in [2.45, 2.75) is 6.92 Å². The van der Waals surface area contributed by atoms with Crippen LogP contribution in [0.2, 0.25) is 0 Å². The number of anilines is 2. The smallest absolute Gasteiger partial charge is 0.257 e. The van der Waals surface area contributed by atoms with Crippen LogP contribution in [0.25, 0.3) is 0 Å². The fourth-order valence-electron chi connectivity index (χ4n) is 1.54. The zero-order valence-corrected chi connectivity index (χ0v) is 9.84. The molecule has 18 heavy (non-hydrogen) atoms. The molecule has 2 rings (SSSR count). The normalized spacial score (nSPS) is 10.1. The molecule has 0 saturated carbocycles. The second-order valence-electron chi connectivity index (χ2n) is 3.92. The Morgan fingerprint density at radius 1 is 1.39 bits per heavy atom. The molecule has 0 atom stereocenters. The number of phenols is 1. The van der Waals surface area contributed by atoms with Gasteiger partial charge in [-0.2, -0.15) is 0 Å². The number of carbonyl (C=O) groups excluding carboxylic acids is 1. The average molecular weight is 243 g/mol. The topological polar surface area (TPSA) is 88.2 Å². The van der Waals surface area contributed by atoms with Gasteiger partial charge in [0.25, 0.3) is 5.91 Å². The van der Waals surface area contributed by atoms with Gasteiger partial charge in [-0.05, 0) is 36.8 Å². The number of rotatable bonds is 2. The maximum absolute atomic E-state index is 12.0. The Morgan fingerprint density at radius 2 is 2.17 bits per heavy atom. The Labute approximate surface area is 104 Å². The molecule has 2 aromatic rings. The number of aromatic nitrogens is 1. The summed E-state index contributed by atoms with van der Waals surface area (Å²) in [4.78, 5) is 16.0. The monoisotopic (exact) mass is 243 g/mol. The van der Waals surface area contributed by atoms with E-state index in [0.717, 1.165) is 5.56 Å². The predicted molar refractivity (Wildman–Crippen MR) is 69.4 cm³/mol. The third-order valence-corrected chi connectivity index (χ3v) is 2.55. The van der Waals surface area contributed by atoms with Crippen LogP contribution >= 0.6 is 0 Å². The molecule has 0 unspecified atom stereocenters. The first-order chi connectivity index (χ1) is 8.58. The number of nitrogens with one attached hydrogen (secondary N) is 1. The number of aromatic hydroxyl groups is 1. The third kappa shape index (κ3) is 2.40. The van der Waals surface area contributed by atoms with E-state index in [-0.39, 0.29) is 17.2 Å². The van der Waals surface area contributed by atoms with Gasteiger partial charge in [0.05, 0.1) is 5.56 Å². The van der Waals surface area contributed by atoms with Gasteiger partial charge in [-0.3, -0.25) is 9.78 Å². The van der Waals surface area contributed by atoms with Crippen LogP contribution in [0.5, 0.6) is 5.75 Å². The number of aryl methyl sites for hydroxylation is 1. The van der Waals surface area contributed by atoms with Crippen LogP contribution in [0.4, 0.5) is 11.4 Å². The Balaban J connectivity index is 2.28. The standard InChI is InChI=1S/C13H13N3O2/c1-8-7-15-5-4-12(8)16-13(18)10-6-9(17)2-3-11(10)14/h2-7,17H,14H2,1H3,(H,15,16,18).